The van der Waals surface area contributed by atoms with E-state index in [4.69, 9.17) is 4.74 Å². The van der Waals surface area contributed by atoms with E-state index in [1.807, 2.05) is 27.7 Å². The maximum atomic E-state index is 11.8. The average Bonchev–Trinajstić information content (AvgIpc) is 2.69. The molecule has 0 N–H and O–H groups in total. The smallest absolute Gasteiger partial charge is 0.410 e. The summed E-state index contributed by atoms with van der Waals surface area (Å²) in [7, 11) is 0. The van der Waals surface area contributed by atoms with Crippen molar-refractivity contribution in [2.24, 2.45) is 17.8 Å². The Kier molecular flexibility index (Phi) is 2.92. The summed E-state index contributed by atoms with van der Waals surface area (Å²) >= 11 is 0. The molecule has 0 radical (unpaired) electrons. The van der Waals surface area contributed by atoms with Crippen LogP contribution in [0.3, 0.4) is 0 Å². The zero-order valence-corrected chi connectivity index (χ0v) is 11.0. The molecule has 1 amide bonds. The fourth-order valence-corrected chi connectivity index (χ4v) is 2.72. The minimum atomic E-state index is -0.442. The third-order valence-corrected chi connectivity index (χ3v) is 3.57. The number of carbonyl (C=O) groups is 2. The van der Waals surface area contributed by atoms with Crippen LogP contribution in [-0.2, 0) is 9.53 Å². The molecule has 1 aliphatic carbocycles. The molecular weight excluding hydrogens is 218 g/mol. The van der Waals surface area contributed by atoms with E-state index in [-0.39, 0.29) is 12.0 Å². The van der Waals surface area contributed by atoms with Crippen LogP contribution in [-0.4, -0.2) is 35.5 Å². The van der Waals surface area contributed by atoms with E-state index in [0.29, 0.717) is 37.1 Å². The molecule has 1 heterocycles. The highest BCUT2D eigenvalue weighted by Crippen LogP contribution is 2.52. The zero-order valence-electron chi connectivity index (χ0n) is 11.0. The van der Waals surface area contributed by atoms with E-state index >= 15 is 0 Å². The fourth-order valence-electron chi connectivity index (χ4n) is 2.72. The highest BCUT2D eigenvalue weighted by atomic mass is 16.6. The highest BCUT2D eigenvalue weighted by molar-refractivity contribution is 5.85. The van der Waals surface area contributed by atoms with Gasteiger partial charge in [-0.1, -0.05) is 6.92 Å². The van der Waals surface area contributed by atoms with Crippen molar-refractivity contribution in [3.63, 3.8) is 0 Å². The number of amides is 1. The maximum absolute atomic E-state index is 11.8. The van der Waals surface area contributed by atoms with Gasteiger partial charge in [0, 0.05) is 25.4 Å². The van der Waals surface area contributed by atoms with Gasteiger partial charge in [-0.15, -0.1) is 0 Å². The van der Waals surface area contributed by atoms with Crippen LogP contribution in [0.1, 0.15) is 34.1 Å². The lowest BCUT2D eigenvalue weighted by Gasteiger charge is -2.25. The van der Waals surface area contributed by atoms with Crippen molar-refractivity contribution in [3.8, 4) is 0 Å². The number of ether oxygens (including phenoxy) is 1. The van der Waals surface area contributed by atoms with Crippen LogP contribution in [0.5, 0.6) is 0 Å². The second kappa shape index (κ2) is 4.00. The number of carbonyl (C=O) groups excluding carboxylic acids is 2. The lowest BCUT2D eigenvalue weighted by Crippen LogP contribution is -2.37. The first-order valence-electron chi connectivity index (χ1n) is 6.34. The largest absolute Gasteiger partial charge is 0.444 e. The molecule has 1 aliphatic heterocycles. The average molecular weight is 239 g/mol. The minimum absolute atomic E-state index is 0.221. The standard InChI is InChI=1S/C13H21NO3/c1-5-10(15)11-8-6-14(7-9(8)11)12(16)17-13(2,3)4/h8-9,11H,5-7H2,1-4H3/t8-,9?,11?/m1/s1. The fraction of sp³-hybridized carbons (Fsp3) is 0.846. The van der Waals surface area contributed by atoms with Crippen molar-refractivity contribution in [2.75, 3.05) is 13.1 Å². The van der Waals surface area contributed by atoms with E-state index < -0.39 is 5.60 Å². The molecule has 0 spiro atoms. The lowest BCUT2D eigenvalue weighted by molar-refractivity contribution is -0.120. The number of Topliss-reactive ketones (excluding diaryl/α,β-unsaturated/α-hetero) is 1. The van der Waals surface area contributed by atoms with Gasteiger partial charge in [0.05, 0.1) is 0 Å². The Labute approximate surface area is 102 Å². The lowest BCUT2D eigenvalue weighted by atomic mass is 10.1. The third-order valence-electron chi connectivity index (χ3n) is 3.57. The van der Waals surface area contributed by atoms with Crippen molar-refractivity contribution in [3.05, 3.63) is 0 Å². The summed E-state index contributed by atoms with van der Waals surface area (Å²) in [4.78, 5) is 25.1. The summed E-state index contributed by atoms with van der Waals surface area (Å²) in [5.74, 6) is 1.37. The molecule has 2 aliphatic rings. The number of piperidine rings is 1. The van der Waals surface area contributed by atoms with E-state index in [0.717, 1.165) is 0 Å². The van der Waals surface area contributed by atoms with E-state index in [1.54, 1.807) is 4.90 Å². The van der Waals surface area contributed by atoms with Gasteiger partial charge in [-0.25, -0.2) is 4.79 Å². The Balaban J connectivity index is 1.83. The van der Waals surface area contributed by atoms with Crippen LogP contribution in [0.4, 0.5) is 4.79 Å². The Bertz CT molecular complexity index is 333. The van der Waals surface area contributed by atoms with Gasteiger partial charge in [-0.05, 0) is 32.6 Å². The Morgan fingerprint density at radius 3 is 2.18 bits per heavy atom. The van der Waals surface area contributed by atoms with Crippen molar-refractivity contribution in [1.82, 2.24) is 4.90 Å². The highest BCUT2D eigenvalue weighted by Gasteiger charge is 2.59. The van der Waals surface area contributed by atoms with Crippen LogP contribution >= 0.6 is 0 Å². The third kappa shape index (κ3) is 2.45. The Morgan fingerprint density at radius 2 is 1.76 bits per heavy atom. The summed E-state index contributed by atoms with van der Waals surface area (Å²) < 4.78 is 5.31. The number of rotatable bonds is 2. The van der Waals surface area contributed by atoms with E-state index in [2.05, 4.69) is 0 Å². The van der Waals surface area contributed by atoms with Gasteiger partial charge in [0.1, 0.15) is 11.4 Å². The van der Waals surface area contributed by atoms with Crippen molar-refractivity contribution in [1.29, 1.82) is 0 Å². The molecule has 1 saturated carbocycles. The molecule has 96 valence electrons. The molecule has 1 saturated heterocycles. The summed E-state index contributed by atoms with van der Waals surface area (Å²) in [6.45, 7) is 8.88. The van der Waals surface area contributed by atoms with Gasteiger partial charge in [0.15, 0.2) is 0 Å². The number of hydrogen-bond acceptors (Lipinski definition) is 3. The molecule has 4 nitrogen and oxygen atoms in total. The monoisotopic (exact) mass is 239 g/mol. The van der Waals surface area contributed by atoms with Crippen molar-refractivity contribution in [2.45, 2.75) is 39.7 Å². The van der Waals surface area contributed by atoms with Gasteiger partial charge < -0.3 is 9.64 Å². The van der Waals surface area contributed by atoms with Crippen LogP contribution in [0.15, 0.2) is 0 Å². The summed E-state index contributed by atoms with van der Waals surface area (Å²) in [6, 6.07) is 0. The number of ketones is 1. The number of hydrogen-bond donors (Lipinski definition) is 0. The molecule has 2 rings (SSSR count). The second-order valence-corrected chi connectivity index (χ2v) is 6.06. The van der Waals surface area contributed by atoms with Crippen LogP contribution in [0.2, 0.25) is 0 Å². The maximum Gasteiger partial charge on any atom is 0.410 e. The first-order valence-corrected chi connectivity index (χ1v) is 6.34. The molecule has 0 aromatic carbocycles. The Morgan fingerprint density at radius 1 is 1.24 bits per heavy atom. The molecule has 2 unspecified atom stereocenters. The summed E-state index contributed by atoms with van der Waals surface area (Å²) in [5.41, 5.74) is -0.442. The molecule has 17 heavy (non-hydrogen) atoms. The number of fused-ring (bicyclic) bond motifs is 1. The second-order valence-electron chi connectivity index (χ2n) is 6.06. The van der Waals surface area contributed by atoms with Crippen molar-refractivity contribution >= 4 is 11.9 Å². The molecule has 3 atom stereocenters. The molecular formula is C13H21NO3. The predicted molar refractivity (Wildman–Crippen MR) is 63.6 cm³/mol. The number of likely N-dealkylation sites (tertiary alicyclic amines) is 1. The number of nitrogens with zero attached hydrogens (tertiary/aromatic N) is 1. The Hall–Kier alpha value is -1.06. The molecule has 0 aromatic rings. The molecule has 2 fully saturated rings. The summed E-state index contributed by atoms with van der Waals surface area (Å²) in [6.07, 6.45) is 0.372. The van der Waals surface area contributed by atoms with Gasteiger partial charge in [-0.2, -0.15) is 0 Å². The zero-order chi connectivity index (χ0) is 12.8. The quantitative estimate of drug-likeness (QED) is 0.741. The SMILES string of the molecule is CCC(=O)C1C2CN(C(=O)OC(C)(C)C)C[C@H]21. The van der Waals surface area contributed by atoms with Crippen LogP contribution in [0.25, 0.3) is 0 Å². The van der Waals surface area contributed by atoms with E-state index in [1.165, 1.54) is 0 Å². The normalized spacial score (nSPS) is 31.1. The van der Waals surface area contributed by atoms with Crippen LogP contribution in [0, 0.1) is 17.8 Å². The minimum Gasteiger partial charge on any atom is -0.444 e. The van der Waals surface area contributed by atoms with Gasteiger partial charge in [0.25, 0.3) is 0 Å². The first-order chi connectivity index (χ1) is 7.83. The van der Waals surface area contributed by atoms with Gasteiger partial charge >= 0.3 is 6.09 Å². The van der Waals surface area contributed by atoms with Gasteiger partial charge in [-0.3, -0.25) is 4.79 Å². The van der Waals surface area contributed by atoms with E-state index in [9.17, 15) is 9.59 Å². The van der Waals surface area contributed by atoms with Gasteiger partial charge in [0.2, 0.25) is 0 Å². The summed E-state index contributed by atoms with van der Waals surface area (Å²) in [5, 5.41) is 0. The molecule has 4 heteroatoms. The molecule has 0 aromatic heterocycles. The van der Waals surface area contributed by atoms with Crippen molar-refractivity contribution < 1.29 is 14.3 Å². The predicted octanol–water partition coefficient (Wildman–Crippen LogP) is 2.08. The first kappa shape index (κ1) is 12.4. The van der Waals surface area contributed by atoms with Crippen LogP contribution < -0.4 is 0 Å². The topological polar surface area (TPSA) is 46.6 Å². The molecule has 0 bridgehead atoms.